The van der Waals surface area contributed by atoms with Crippen molar-refractivity contribution >= 4 is 17.2 Å². The predicted molar refractivity (Wildman–Crippen MR) is 76.0 cm³/mol. The first kappa shape index (κ1) is 13.1. The average molecular weight is 263 g/mol. The van der Waals surface area contributed by atoms with E-state index in [-0.39, 0.29) is 5.82 Å². The Bertz CT molecular complexity index is 564. The molecule has 0 N–H and O–H groups in total. The molecule has 0 saturated carbocycles. The predicted octanol–water partition coefficient (Wildman–Crippen LogP) is 5.24. The Morgan fingerprint density at radius 3 is 2.61 bits per heavy atom. The lowest BCUT2D eigenvalue weighted by Crippen LogP contribution is -1.97. The molecule has 0 heterocycles. The Kier molecular flexibility index (Phi) is 3.72. The molecule has 0 saturated heterocycles. The van der Waals surface area contributed by atoms with Gasteiger partial charge in [-0.05, 0) is 54.7 Å². The molecule has 18 heavy (non-hydrogen) atoms. The van der Waals surface area contributed by atoms with Gasteiger partial charge in [-0.15, -0.1) is 0 Å². The van der Waals surface area contributed by atoms with E-state index >= 15 is 0 Å². The first-order chi connectivity index (χ1) is 8.50. The third kappa shape index (κ3) is 2.41. The molecule has 0 fully saturated rings. The lowest BCUT2D eigenvalue weighted by molar-refractivity contribution is 0.618. The van der Waals surface area contributed by atoms with Gasteiger partial charge in [0.2, 0.25) is 0 Å². The summed E-state index contributed by atoms with van der Waals surface area (Å²) < 4.78 is 13.3. The number of hydrogen-bond acceptors (Lipinski definition) is 0. The molecule has 1 atom stereocenters. The summed E-state index contributed by atoms with van der Waals surface area (Å²) in [5.74, 6) is 0.148. The molecule has 2 heteroatoms. The topological polar surface area (TPSA) is 0 Å². The highest BCUT2D eigenvalue weighted by Gasteiger charge is 2.15. The van der Waals surface area contributed by atoms with E-state index < -0.39 is 0 Å². The van der Waals surface area contributed by atoms with E-state index in [1.54, 1.807) is 13.0 Å². The smallest absolute Gasteiger partial charge is 0.126 e. The van der Waals surface area contributed by atoms with Crippen molar-refractivity contribution in [3.05, 3.63) is 64.0 Å². The second kappa shape index (κ2) is 5.11. The summed E-state index contributed by atoms with van der Waals surface area (Å²) in [6, 6.07) is 5.13. The van der Waals surface area contributed by atoms with Gasteiger partial charge >= 0.3 is 0 Å². The van der Waals surface area contributed by atoms with Crippen molar-refractivity contribution in [2.24, 2.45) is 5.92 Å². The van der Waals surface area contributed by atoms with Gasteiger partial charge in [0.15, 0.2) is 0 Å². The summed E-state index contributed by atoms with van der Waals surface area (Å²) in [4.78, 5) is 0. The van der Waals surface area contributed by atoms with Crippen molar-refractivity contribution < 1.29 is 4.39 Å². The Balaban J connectivity index is 2.59. The second-order valence-corrected chi connectivity index (χ2v) is 5.12. The molecular formula is C16H16ClF. The lowest BCUT2D eigenvalue weighted by atomic mass is 9.92. The number of benzene rings is 1. The average Bonchev–Trinajstić information content (AvgIpc) is 2.44. The Labute approximate surface area is 112 Å². The SMILES string of the molecule is CC1=C(c2ccc(F)c(C)c2)C(Cl)=CC=CC1C. The van der Waals surface area contributed by atoms with Gasteiger partial charge in [-0.3, -0.25) is 0 Å². The summed E-state index contributed by atoms with van der Waals surface area (Å²) >= 11 is 6.33. The summed E-state index contributed by atoms with van der Waals surface area (Å²) in [7, 11) is 0. The van der Waals surface area contributed by atoms with Crippen molar-refractivity contribution in [1.82, 2.24) is 0 Å². The van der Waals surface area contributed by atoms with Gasteiger partial charge < -0.3 is 0 Å². The van der Waals surface area contributed by atoms with Gasteiger partial charge in [0, 0.05) is 5.03 Å². The summed E-state index contributed by atoms with van der Waals surface area (Å²) in [5.41, 5.74) is 3.83. The number of allylic oxidation sites excluding steroid dienone is 6. The van der Waals surface area contributed by atoms with E-state index in [1.165, 1.54) is 11.6 Å². The van der Waals surface area contributed by atoms with E-state index in [9.17, 15) is 4.39 Å². The molecule has 1 aliphatic rings. The van der Waals surface area contributed by atoms with Crippen molar-refractivity contribution in [2.45, 2.75) is 20.8 Å². The normalized spacial score (nSPS) is 19.8. The molecule has 2 rings (SSSR count). The van der Waals surface area contributed by atoms with Crippen LogP contribution in [-0.2, 0) is 0 Å². The third-order valence-corrected chi connectivity index (χ3v) is 3.72. The maximum absolute atomic E-state index is 13.3. The van der Waals surface area contributed by atoms with Crippen molar-refractivity contribution in [1.29, 1.82) is 0 Å². The first-order valence-corrected chi connectivity index (χ1v) is 6.40. The van der Waals surface area contributed by atoms with Crippen LogP contribution in [0, 0.1) is 18.7 Å². The van der Waals surface area contributed by atoms with Crippen molar-refractivity contribution in [3.8, 4) is 0 Å². The minimum absolute atomic E-state index is 0.183. The third-order valence-electron chi connectivity index (χ3n) is 3.41. The van der Waals surface area contributed by atoms with Gasteiger partial charge in [-0.25, -0.2) is 4.39 Å². The van der Waals surface area contributed by atoms with Gasteiger partial charge in [0.05, 0.1) is 0 Å². The van der Waals surface area contributed by atoms with Crippen LogP contribution in [0.5, 0.6) is 0 Å². The molecule has 0 bridgehead atoms. The van der Waals surface area contributed by atoms with Gasteiger partial charge in [-0.1, -0.05) is 42.3 Å². The number of hydrogen-bond donors (Lipinski definition) is 0. The van der Waals surface area contributed by atoms with Crippen LogP contribution in [-0.4, -0.2) is 0 Å². The standard InChI is InChI=1S/C16H16ClF/c1-10-5-4-6-14(17)16(12(10)3)13-7-8-15(18)11(2)9-13/h4-10H,1-3H3. The molecule has 0 amide bonds. The van der Waals surface area contributed by atoms with Crippen LogP contribution in [0.3, 0.4) is 0 Å². The lowest BCUT2D eigenvalue weighted by Gasteiger charge is -2.14. The van der Waals surface area contributed by atoms with E-state index in [0.717, 1.165) is 11.1 Å². The fourth-order valence-corrected chi connectivity index (χ4v) is 2.45. The van der Waals surface area contributed by atoms with Crippen LogP contribution < -0.4 is 0 Å². The molecular weight excluding hydrogens is 247 g/mol. The fraction of sp³-hybridized carbons (Fsp3) is 0.250. The molecule has 0 radical (unpaired) electrons. The van der Waals surface area contributed by atoms with Crippen LogP contribution in [0.25, 0.3) is 5.57 Å². The molecule has 1 aromatic carbocycles. The zero-order valence-electron chi connectivity index (χ0n) is 10.8. The molecule has 94 valence electrons. The highest BCUT2D eigenvalue weighted by molar-refractivity contribution is 6.37. The largest absolute Gasteiger partial charge is 0.207 e. The van der Waals surface area contributed by atoms with Gasteiger partial charge in [0.1, 0.15) is 5.82 Å². The van der Waals surface area contributed by atoms with Crippen molar-refractivity contribution in [2.75, 3.05) is 0 Å². The molecule has 0 aromatic heterocycles. The minimum atomic E-state index is -0.183. The molecule has 0 aliphatic heterocycles. The Morgan fingerprint density at radius 1 is 1.22 bits per heavy atom. The number of rotatable bonds is 1. The fourth-order valence-electron chi connectivity index (χ4n) is 2.12. The van der Waals surface area contributed by atoms with Crippen LogP contribution in [0.15, 0.2) is 47.0 Å². The molecule has 1 unspecified atom stereocenters. The minimum Gasteiger partial charge on any atom is -0.207 e. The summed E-state index contributed by atoms with van der Waals surface area (Å²) in [6.45, 7) is 5.97. The zero-order chi connectivity index (χ0) is 13.3. The molecule has 0 nitrogen and oxygen atoms in total. The van der Waals surface area contributed by atoms with Crippen LogP contribution >= 0.6 is 11.6 Å². The van der Waals surface area contributed by atoms with Crippen LogP contribution in [0.2, 0.25) is 0 Å². The maximum atomic E-state index is 13.3. The second-order valence-electron chi connectivity index (χ2n) is 4.71. The number of aryl methyl sites for hydroxylation is 1. The monoisotopic (exact) mass is 262 g/mol. The highest BCUT2D eigenvalue weighted by Crippen LogP contribution is 2.35. The first-order valence-electron chi connectivity index (χ1n) is 6.02. The Hall–Kier alpha value is -1.34. The van der Waals surface area contributed by atoms with Gasteiger partial charge in [0.25, 0.3) is 0 Å². The summed E-state index contributed by atoms with van der Waals surface area (Å²) in [6.07, 6.45) is 5.98. The number of halogens is 2. The highest BCUT2D eigenvalue weighted by atomic mass is 35.5. The Morgan fingerprint density at radius 2 is 1.94 bits per heavy atom. The van der Waals surface area contributed by atoms with E-state index in [1.807, 2.05) is 18.2 Å². The molecule has 1 aromatic rings. The van der Waals surface area contributed by atoms with E-state index in [2.05, 4.69) is 19.9 Å². The maximum Gasteiger partial charge on any atom is 0.126 e. The van der Waals surface area contributed by atoms with E-state index in [4.69, 9.17) is 11.6 Å². The van der Waals surface area contributed by atoms with Crippen LogP contribution in [0.4, 0.5) is 4.39 Å². The van der Waals surface area contributed by atoms with Crippen LogP contribution in [0.1, 0.15) is 25.0 Å². The van der Waals surface area contributed by atoms with Crippen molar-refractivity contribution in [3.63, 3.8) is 0 Å². The van der Waals surface area contributed by atoms with E-state index in [0.29, 0.717) is 16.5 Å². The molecule has 0 spiro atoms. The summed E-state index contributed by atoms with van der Waals surface area (Å²) in [5, 5.41) is 0.708. The van der Waals surface area contributed by atoms with Gasteiger partial charge in [-0.2, -0.15) is 0 Å². The molecule has 1 aliphatic carbocycles. The quantitative estimate of drug-likeness (QED) is 0.650. The zero-order valence-corrected chi connectivity index (χ0v) is 11.6.